The van der Waals surface area contributed by atoms with Gasteiger partial charge in [0, 0.05) is 37.4 Å². The van der Waals surface area contributed by atoms with Crippen LogP contribution in [0.3, 0.4) is 0 Å². The number of carbonyl (C=O) groups excluding carboxylic acids is 2. The summed E-state index contributed by atoms with van der Waals surface area (Å²) in [5.41, 5.74) is 0.589. The van der Waals surface area contributed by atoms with Crippen molar-refractivity contribution < 1.29 is 19.1 Å². The first-order chi connectivity index (χ1) is 13.1. The number of anilines is 1. The van der Waals surface area contributed by atoms with Crippen LogP contribution in [-0.4, -0.2) is 60.9 Å². The van der Waals surface area contributed by atoms with Gasteiger partial charge < -0.3 is 14.8 Å². The summed E-state index contributed by atoms with van der Waals surface area (Å²) >= 11 is 0. The van der Waals surface area contributed by atoms with Gasteiger partial charge in [-0.1, -0.05) is 0 Å². The molecule has 7 heteroatoms. The maximum Gasteiger partial charge on any atom is 0.412 e. The molecule has 1 aromatic carbocycles. The number of rotatable bonds is 6. The number of hydrogen-bond acceptors (Lipinski definition) is 5. The quantitative estimate of drug-likeness (QED) is 0.728. The summed E-state index contributed by atoms with van der Waals surface area (Å²) in [5.74, 6) is -0.118. The Hall–Kier alpha value is -2.12. The Labute approximate surface area is 167 Å². The van der Waals surface area contributed by atoms with Crippen LogP contribution in [-0.2, 0) is 9.47 Å². The summed E-state index contributed by atoms with van der Waals surface area (Å²) in [6, 6.07) is 6.76. The average molecular weight is 392 g/mol. The maximum absolute atomic E-state index is 12.3. The van der Waals surface area contributed by atoms with Gasteiger partial charge in [0.15, 0.2) is 0 Å². The van der Waals surface area contributed by atoms with Gasteiger partial charge in [-0.15, -0.1) is 0 Å². The molecular weight excluding hydrogens is 358 g/mol. The van der Waals surface area contributed by atoms with E-state index in [0.717, 1.165) is 26.1 Å². The van der Waals surface area contributed by atoms with E-state index in [0.29, 0.717) is 17.8 Å². The number of carbonyl (C=O) groups is 2. The Morgan fingerprint density at radius 1 is 1.14 bits per heavy atom. The minimum absolute atomic E-state index is 0.118. The second kappa shape index (κ2) is 9.89. The highest BCUT2D eigenvalue weighted by molar-refractivity contribution is 5.95. The van der Waals surface area contributed by atoms with Crippen molar-refractivity contribution in [2.45, 2.75) is 58.8 Å². The van der Waals surface area contributed by atoms with Crippen molar-refractivity contribution in [3.63, 3.8) is 0 Å². The minimum Gasteiger partial charge on any atom is -0.444 e. The molecule has 28 heavy (non-hydrogen) atoms. The highest BCUT2D eigenvalue weighted by Crippen LogP contribution is 2.13. The van der Waals surface area contributed by atoms with Crippen molar-refractivity contribution in [3.8, 4) is 0 Å². The van der Waals surface area contributed by atoms with Gasteiger partial charge in [-0.2, -0.15) is 0 Å². The Balaban J connectivity index is 1.71. The molecule has 7 nitrogen and oxygen atoms in total. The zero-order valence-electron chi connectivity index (χ0n) is 17.6. The Morgan fingerprint density at radius 2 is 1.75 bits per heavy atom. The van der Waals surface area contributed by atoms with E-state index in [2.05, 4.69) is 29.4 Å². The lowest BCUT2D eigenvalue weighted by molar-refractivity contribution is -0.0680. The van der Waals surface area contributed by atoms with Gasteiger partial charge in [0.2, 0.25) is 0 Å². The van der Waals surface area contributed by atoms with E-state index >= 15 is 0 Å². The number of hydrogen-bond donors (Lipinski definition) is 2. The van der Waals surface area contributed by atoms with Crippen LogP contribution in [0.5, 0.6) is 0 Å². The molecule has 1 heterocycles. The lowest BCUT2D eigenvalue weighted by atomic mass is 10.2. The van der Waals surface area contributed by atoms with E-state index in [9.17, 15) is 9.59 Å². The van der Waals surface area contributed by atoms with Crippen molar-refractivity contribution in [1.82, 2.24) is 10.2 Å². The molecule has 0 aliphatic carbocycles. The molecule has 0 bridgehead atoms. The summed E-state index contributed by atoms with van der Waals surface area (Å²) in [4.78, 5) is 26.4. The van der Waals surface area contributed by atoms with Crippen molar-refractivity contribution in [3.05, 3.63) is 29.8 Å². The van der Waals surface area contributed by atoms with Crippen LogP contribution in [0.1, 0.15) is 51.4 Å². The molecule has 2 atom stereocenters. The van der Waals surface area contributed by atoms with Crippen molar-refractivity contribution in [2.75, 3.05) is 31.5 Å². The molecular formula is C21H33N3O4. The highest BCUT2D eigenvalue weighted by atomic mass is 16.6. The van der Waals surface area contributed by atoms with Crippen molar-refractivity contribution in [1.29, 1.82) is 0 Å². The van der Waals surface area contributed by atoms with E-state index < -0.39 is 11.7 Å². The topological polar surface area (TPSA) is 79.9 Å². The first kappa shape index (κ1) is 22.2. The first-order valence-corrected chi connectivity index (χ1v) is 9.88. The van der Waals surface area contributed by atoms with E-state index in [1.807, 2.05) is 0 Å². The standard InChI is InChI=1S/C21H33N3O4/c1-15-13-24(14-16(2)27-15)12-6-11-22-19(25)17-7-9-18(10-8-17)23-20(26)28-21(3,4)5/h7-10,15-16H,6,11-14H2,1-5H3,(H,22,25)(H,23,26). The molecule has 1 saturated heterocycles. The minimum atomic E-state index is -0.554. The van der Waals surface area contributed by atoms with Crippen LogP contribution >= 0.6 is 0 Å². The van der Waals surface area contributed by atoms with Gasteiger partial charge in [-0.3, -0.25) is 15.0 Å². The van der Waals surface area contributed by atoms with Gasteiger partial charge in [-0.05, 0) is 65.3 Å². The van der Waals surface area contributed by atoms with E-state index in [1.54, 1.807) is 45.0 Å². The fourth-order valence-corrected chi connectivity index (χ4v) is 3.20. The molecule has 2 unspecified atom stereocenters. The smallest absolute Gasteiger partial charge is 0.412 e. The zero-order valence-corrected chi connectivity index (χ0v) is 17.6. The Morgan fingerprint density at radius 3 is 2.32 bits per heavy atom. The number of morpholine rings is 1. The zero-order chi connectivity index (χ0) is 20.7. The molecule has 156 valence electrons. The molecule has 0 spiro atoms. The molecule has 0 saturated carbocycles. The second-order valence-electron chi connectivity index (χ2n) is 8.33. The lowest BCUT2D eigenvalue weighted by Gasteiger charge is -2.35. The van der Waals surface area contributed by atoms with Crippen LogP contribution in [0.4, 0.5) is 10.5 Å². The summed E-state index contributed by atoms with van der Waals surface area (Å²) in [6.45, 7) is 13.0. The predicted octanol–water partition coefficient (Wildman–Crippen LogP) is 3.26. The molecule has 1 aliphatic rings. The van der Waals surface area contributed by atoms with E-state index in [-0.39, 0.29) is 18.1 Å². The number of nitrogens with one attached hydrogen (secondary N) is 2. The second-order valence-corrected chi connectivity index (χ2v) is 8.33. The van der Waals surface area contributed by atoms with Gasteiger partial charge in [0.1, 0.15) is 5.60 Å². The predicted molar refractivity (Wildman–Crippen MR) is 110 cm³/mol. The summed E-state index contributed by atoms with van der Waals surface area (Å²) < 4.78 is 10.9. The number of ether oxygens (including phenoxy) is 2. The van der Waals surface area contributed by atoms with E-state index in [1.165, 1.54) is 0 Å². The molecule has 0 radical (unpaired) electrons. The summed E-state index contributed by atoms with van der Waals surface area (Å²) in [7, 11) is 0. The normalized spacial score (nSPS) is 20.5. The van der Waals surface area contributed by atoms with Crippen LogP contribution in [0, 0.1) is 0 Å². The van der Waals surface area contributed by atoms with Crippen LogP contribution in [0.2, 0.25) is 0 Å². The molecule has 2 N–H and O–H groups in total. The van der Waals surface area contributed by atoms with Crippen molar-refractivity contribution in [2.24, 2.45) is 0 Å². The fourth-order valence-electron chi connectivity index (χ4n) is 3.20. The molecule has 1 aromatic rings. The monoisotopic (exact) mass is 391 g/mol. The third-order valence-electron chi connectivity index (χ3n) is 4.22. The maximum atomic E-state index is 12.3. The van der Waals surface area contributed by atoms with Gasteiger partial charge >= 0.3 is 6.09 Å². The lowest BCUT2D eigenvalue weighted by Crippen LogP contribution is -2.46. The van der Waals surface area contributed by atoms with Gasteiger partial charge in [-0.25, -0.2) is 4.79 Å². The Kier molecular flexibility index (Phi) is 7.83. The van der Waals surface area contributed by atoms with Gasteiger partial charge in [0.25, 0.3) is 5.91 Å². The van der Waals surface area contributed by atoms with Crippen LogP contribution < -0.4 is 10.6 Å². The first-order valence-electron chi connectivity index (χ1n) is 9.88. The Bertz CT molecular complexity index is 645. The number of nitrogens with zero attached hydrogens (tertiary/aromatic N) is 1. The fraction of sp³-hybridized carbons (Fsp3) is 0.619. The molecule has 1 fully saturated rings. The third kappa shape index (κ3) is 7.86. The SMILES string of the molecule is CC1CN(CCCNC(=O)c2ccc(NC(=O)OC(C)(C)C)cc2)CC(C)O1. The van der Waals surface area contributed by atoms with E-state index in [4.69, 9.17) is 9.47 Å². The highest BCUT2D eigenvalue weighted by Gasteiger charge is 2.21. The summed E-state index contributed by atoms with van der Waals surface area (Å²) in [6.07, 6.45) is 0.887. The number of amides is 2. The van der Waals surface area contributed by atoms with Gasteiger partial charge in [0.05, 0.1) is 12.2 Å². The average Bonchev–Trinajstić information content (AvgIpc) is 2.56. The van der Waals surface area contributed by atoms with Crippen molar-refractivity contribution >= 4 is 17.7 Å². The summed E-state index contributed by atoms with van der Waals surface area (Å²) in [5, 5.41) is 5.60. The third-order valence-corrected chi connectivity index (χ3v) is 4.22. The molecule has 0 aromatic heterocycles. The number of benzene rings is 1. The molecule has 1 aliphatic heterocycles. The van der Waals surface area contributed by atoms with Crippen LogP contribution in [0.15, 0.2) is 24.3 Å². The molecule has 2 rings (SSSR count). The molecule has 2 amide bonds. The van der Waals surface area contributed by atoms with Crippen LogP contribution in [0.25, 0.3) is 0 Å². The largest absolute Gasteiger partial charge is 0.444 e.